The van der Waals surface area contributed by atoms with E-state index in [0.717, 1.165) is 35.1 Å². The standard InChI is InChI=1S/C23H22N2O2/c1-2-24(21-14-9-17-6-3-4-7-19(17)16-21)23(27)18-10-12-20(13-11-18)25-15-5-8-22(25)26/h3-4,6-7,9-14,16H,2,5,8,15H2,1H3. The van der Waals surface area contributed by atoms with Crippen LogP contribution >= 0.6 is 0 Å². The Morgan fingerprint density at radius 2 is 1.74 bits per heavy atom. The Kier molecular flexibility index (Phi) is 4.63. The normalized spacial score (nSPS) is 14.0. The molecule has 0 saturated carbocycles. The van der Waals surface area contributed by atoms with Gasteiger partial charge in [-0.1, -0.05) is 30.3 Å². The van der Waals surface area contributed by atoms with E-state index in [9.17, 15) is 9.59 Å². The molecule has 0 bridgehead atoms. The van der Waals surface area contributed by atoms with Crippen LogP contribution in [0.15, 0.2) is 66.7 Å². The van der Waals surface area contributed by atoms with E-state index in [4.69, 9.17) is 0 Å². The molecule has 1 heterocycles. The van der Waals surface area contributed by atoms with Crippen molar-refractivity contribution >= 4 is 34.0 Å². The summed E-state index contributed by atoms with van der Waals surface area (Å²) in [5.41, 5.74) is 2.38. The number of rotatable bonds is 4. The summed E-state index contributed by atoms with van der Waals surface area (Å²) >= 11 is 0. The fourth-order valence-corrected chi connectivity index (χ4v) is 3.65. The molecular formula is C23H22N2O2. The van der Waals surface area contributed by atoms with Gasteiger partial charge in [0, 0.05) is 36.4 Å². The lowest BCUT2D eigenvalue weighted by atomic mass is 10.1. The molecule has 1 saturated heterocycles. The number of anilines is 2. The van der Waals surface area contributed by atoms with Crippen LogP contribution in [0.4, 0.5) is 11.4 Å². The molecule has 0 aliphatic carbocycles. The molecule has 0 N–H and O–H groups in total. The number of nitrogens with zero attached hydrogens (tertiary/aromatic N) is 2. The van der Waals surface area contributed by atoms with Gasteiger partial charge < -0.3 is 9.80 Å². The second kappa shape index (κ2) is 7.23. The van der Waals surface area contributed by atoms with Crippen molar-refractivity contribution in [3.63, 3.8) is 0 Å². The molecule has 0 radical (unpaired) electrons. The van der Waals surface area contributed by atoms with Crippen molar-refractivity contribution in [2.75, 3.05) is 22.9 Å². The van der Waals surface area contributed by atoms with E-state index in [2.05, 4.69) is 12.1 Å². The SMILES string of the molecule is CCN(C(=O)c1ccc(N2CCCC2=O)cc1)c1ccc2ccccc2c1. The highest BCUT2D eigenvalue weighted by Crippen LogP contribution is 2.25. The first-order valence-corrected chi connectivity index (χ1v) is 9.38. The third-order valence-corrected chi connectivity index (χ3v) is 5.11. The van der Waals surface area contributed by atoms with E-state index >= 15 is 0 Å². The van der Waals surface area contributed by atoms with Crippen LogP contribution in [-0.4, -0.2) is 24.9 Å². The van der Waals surface area contributed by atoms with Gasteiger partial charge in [-0.2, -0.15) is 0 Å². The van der Waals surface area contributed by atoms with Crippen molar-refractivity contribution < 1.29 is 9.59 Å². The number of carbonyl (C=O) groups excluding carboxylic acids is 2. The summed E-state index contributed by atoms with van der Waals surface area (Å²) in [6.45, 7) is 3.32. The van der Waals surface area contributed by atoms with Gasteiger partial charge in [-0.25, -0.2) is 0 Å². The summed E-state index contributed by atoms with van der Waals surface area (Å²) in [7, 11) is 0. The molecule has 0 spiro atoms. The Morgan fingerprint density at radius 1 is 1.00 bits per heavy atom. The van der Waals surface area contributed by atoms with Gasteiger partial charge in [0.2, 0.25) is 5.91 Å². The largest absolute Gasteiger partial charge is 0.312 e. The molecule has 2 amide bonds. The zero-order chi connectivity index (χ0) is 18.8. The highest BCUT2D eigenvalue weighted by Gasteiger charge is 2.22. The van der Waals surface area contributed by atoms with Gasteiger partial charge in [-0.05, 0) is 60.5 Å². The molecular weight excluding hydrogens is 336 g/mol. The topological polar surface area (TPSA) is 40.6 Å². The number of carbonyl (C=O) groups is 2. The summed E-state index contributed by atoms with van der Waals surface area (Å²) < 4.78 is 0. The van der Waals surface area contributed by atoms with Gasteiger partial charge in [0.25, 0.3) is 5.91 Å². The molecule has 0 aromatic heterocycles. The second-order valence-electron chi connectivity index (χ2n) is 6.78. The minimum atomic E-state index is -0.0351. The van der Waals surface area contributed by atoms with Crippen LogP contribution < -0.4 is 9.80 Å². The molecule has 0 atom stereocenters. The maximum absolute atomic E-state index is 13.1. The van der Waals surface area contributed by atoms with Crippen LogP contribution in [-0.2, 0) is 4.79 Å². The fourth-order valence-electron chi connectivity index (χ4n) is 3.65. The van der Waals surface area contributed by atoms with Gasteiger partial charge in [0.1, 0.15) is 0 Å². The lowest BCUT2D eigenvalue weighted by Crippen LogP contribution is -2.30. The Hall–Kier alpha value is -3.14. The van der Waals surface area contributed by atoms with Crippen LogP contribution in [0.3, 0.4) is 0 Å². The molecule has 4 rings (SSSR count). The Bertz CT molecular complexity index is 995. The van der Waals surface area contributed by atoms with Crippen molar-refractivity contribution in [3.8, 4) is 0 Å². The van der Waals surface area contributed by atoms with Crippen molar-refractivity contribution in [1.29, 1.82) is 0 Å². The summed E-state index contributed by atoms with van der Waals surface area (Å²) in [6, 6.07) is 21.6. The number of hydrogen-bond acceptors (Lipinski definition) is 2. The molecule has 27 heavy (non-hydrogen) atoms. The quantitative estimate of drug-likeness (QED) is 0.682. The zero-order valence-corrected chi connectivity index (χ0v) is 15.4. The van der Waals surface area contributed by atoms with E-state index in [-0.39, 0.29) is 11.8 Å². The van der Waals surface area contributed by atoms with E-state index < -0.39 is 0 Å². The van der Waals surface area contributed by atoms with Crippen LogP contribution in [0.1, 0.15) is 30.1 Å². The Balaban J connectivity index is 1.60. The van der Waals surface area contributed by atoms with Gasteiger partial charge in [-0.3, -0.25) is 9.59 Å². The van der Waals surface area contributed by atoms with Crippen molar-refractivity contribution in [2.24, 2.45) is 0 Å². The first kappa shape index (κ1) is 17.3. The molecule has 4 heteroatoms. The van der Waals surface area contributed by atoms with Crippen molar-refractivity contribution in [1.82, 2.24) is 0 Å². The predicted molar refractivity (Wildman–Crippen MR) is 109 cm³/mol. The molecule has 3 aromatic rings. The summed E-state index contributed by atoms with van der Waals surface area (Å²) in [5, 5.41) is 2.27. The van der Waals surface area contributed by atoms with Crippen LogP contribution in [0.5, 0.6) is 0 Å². The molecule has 3 aromatic carbocycles. The minimum absolute atomic E-state index is 0.0351. The van der Waals surface area contributed by atoms with Gasteiger partial charge in [0.15, 0.2) is 0 Å². The van der Waals surface area contributed by atoms with E-state index in [1.165, 1.54) is 0 Å². The average molecular weight is 358 g/mol. The lowest BCUT2D eigenvalue weighted by Gasteiger charge is -2.22. The first-order chi connectivity index (χ1) is 13.2. The lowest BCUT2D eigenvalue weighted by molar-refractivity contribution is -0.117. The zero-order valence-electron chi connectivity index (χ0n) is 15.4. The smallest absolute Gasteiger partial charge is 0.258 e. The van der Waals surface area contributed by atoms with Gasteiger partial charge in [0.05, 0.1) is 0 Å². The van der Waals surface area contributed by atoms with Crippen molar-refractivity contribution in [3.05, 3.63) is 72.3 Å². The highest BCUT2D eigenvalue weighted by atomic mass is 16.2. The maximum Gasteiger partial charge on any atom is 0.258 e. The van der Waals surface area contributed by atoms with Crippen LogP contribution in [0.25, 0.3) is 10.8 Å². The second-order valence-corrected chi connectivity index (χ2v) is 6.78. The molecule has 0 unspecified atom stereocenters. The maximum atomic E-state index is 13.1. The molecule has 1 fully saturated rings. The Labute approximate surface area is 159 Å². The summed E-state index contributed by atoms with van der Waals surface area (Å²) in [5.74, 6) is 0.118. The summed E-state index contributed by atoms with van der Waals surface area (Å²) in [6.07, 6.45) is 1.50. The number of fused-ring (bicyclic) bond motifs is 1. The van der Waals surface area contributed by atoms with Crippen LogP contribution in [0.2, 0.25) is 0 Å². The number of amides is 2. The van der Waals surface area contributed by atoms with Gasteiger partial charge >= 0.3 is 0 Å². The van der Waals surface area contributed by atoms with E-state index in [0.29, 0.717) is 18.5 Å². The van der Waals surface area contributed by atoms with Gasteiger partial charge in [-0.15, -0.1) is 0 Å². The third kappa shape index (κ3) is 3.31. The third-order valence-electron chi connectivity index (χ3n) is 5.11. The van der Waals surface area contributed by atoms with E-state index in [1.807, 2.05) is 61.5 Å². The molecule has 136 valence electrons. The van der Waals surface area contributed by atoms with E-state index in [1.54, 1.807) is 9.80 Å². The number of benzene rings is 3. The fraction of sp³-hybridized carbons (Fsp3) is 0.217. The molecule has 1 aliphatic heterocycles. The van der Waals surface area contributed by atoms with Crippen LogP contribution in [0, 0.1) is 0 Å². The minimum Gasteiger partial charge on any atom is -0.312 e. The molecule has 4 nitrogen and oxygen atoms in total. The monoisotopic (exact) mass is 358 g/mol. The average Bonchev–Trinajstić information content (AvgIpc) is 3.14. The summed E-state index contributed by atoms with van der Waals surface area (Å²) in [4.78, 5) is 28.5. The molecule has 1 aliphatic rings. The number of hydrogen-bond donors (Lipinski definition) is 0. The first-order valence-electron chi connectivity index (χ1n) is 9.38. The Morgan fingerprint density at radius 3 is 2.41 bits per heavy atom. The highest BCUT2D eigenvalue weighted by molar-refractivity contribution is 6.07. The predicted octanol–water partition coefficient (Wildman–Crippen LogP) is 4.63. The van der Waals surface area contributed by atoms with Crippen molar-refractivity contribution in [2.45, 2.75) is 19.8 Å².